The third kappa shape index (κ3) is 2.61. The molecule has 0 aromatic heterocycles. The Morgan fingerprint density at radius 2 is 2.38 bits per heavy atom. The largest absolute Gasteiger partial charge is 0.480 e. The van der Waals surface area contributed by atoms with Crippen LogP contribution in [0.3, 0.4) is 0 Å². The summed E-state index contributed by atoms with van der Waals surface area (Å²) in [5.41, 5.74) is -0.624. The van der Waals surface area contributed by atoms with Gasteiger partial charge in [0.05, 0.1) is 0 Å². The maximum Gasteiger partial charge on any atom is 0.323 e. The van der Waals surface area contributed by atoms with Gasteiger partial charge in [0.15, 0.2) is 0 Å². The van der Waals surface area contributed by atoms with Gasteiger partial charge < -0.3 is 10.4 Å². The van der Waals surface area contributed by atoms with Crippen molar-refractivity contribution in [1.82, 2.24) is 5.32 Å². The van der Waals surface area contributed by atoms with Gasteiger partial charge in [0.25, 0.3) is 0 Å². The van der Waals surface area contributed by atoms with Crippen LogP contribution < -0.4 is 5.32 Å². The Morgan fingerprint density at radius 3 is 2.85 bits per heavy atom. The lowest BCUT2D eigenvalue weighted by molar-refractivity contribution is -0.146. The van der Waals surface area contributed by atoms with Crippen molar-refractivity contribution in [3.8, 4) is 0 Å². The van der Waals surface area contributed by atoms with E-state index < -0.39 is 11.5 Å². The lowest BCUT2D eigenvalue weighted by Gasteiger charge is -2.34. The van der Waals surface area contributed by atoms with Crippen molar-refractivity contribution in [1.29, 1.82) is 0 Å². The van der Waals surface area contributed by atoms with Crippen LogP contribution in [-0.4, -0.2) is 35.2 Å². The molecule has 76 valence electrons. The smallest absolute Gasteiger partial charge is 0.323 e. The van der Waals surface area contributed by atoms with E-state index in [9.17, 15) is 4.79 Å². The van der Waals surface area contributed by atoms with Crippen molar-refractivity contribution < 1.29 is 9.90 Å². The number of rotatable bonds is 4. The number of hydrogen-bond acceptors (Lipinski definition) is 3. The van der Waals surface area contributed by atoms with Crippen LogP contribution in [0, 0.1) is 0 Å². The lowest BCUT2D eigenvalue weighted by Crippen LogP contribution is -2.55. The van der Waals surface area contributed by atoms with Crippen LogP contribution in [-0.2, 0) is 4.79 Å². The fourth-order valence-electron chi connectivity index (χ4n) is 1.75. The minimum atomic E-state index is -0.679. The summed E-state index contributed by atoms with van der Waals surface area (Å²) < 4.78 is 0. The van der Waals surface area contributed by atoms with E-state index >= 15 is 0 Å². The van der Waals surface area contributed by atoms with Gasteiger partial charge in [-0.2, -0.15) is 11.8 Å². The van der Waals surface area contributed by atoms with E-state index in [-0.39, 0.29) is 0 Å². The number of carboxylic acids is 1. The molecule has 2 N–H and O–H groups in total. The SMILES string of the molecule is CSCC[C@]1(C(=O)O)CCCCN1. The first-order valence-electron chi connectivity index (χ1n) is 4.69. The van der Waals surface area contributed by atoms with Crippen LogP contribution >= 0.6 is 11.8 Å². The number of thioether (sulfide) groups is 1. The fraction of sp³-hybridized carbons (Fsp3) is 0.889. The van der Waals surface area contributed by atoms with Crippen LogP contribution in [0.4, 0.5) is 0 Å². The minimum Gasteiger partial charge on any atom is -0.480 e. The first-order chi connectivity index (χ1) is 6.21. The molecular weight excluding hydrogens is 186 g/mol. The van der Waals surface area contributed by atoms with Crippen molar-refractivity contribution in [2.45, 2.75) is 31.2 Å². The Balaban J connectivity index is 2.56. The molecule has 1 aliphatic heterocycles. The van der Waals surface area contributed by atoms with E-state index in [0.29, 0.717) is 0 Å². The number of hydrogen-bond donors (Lipinski definition) is 2. The number of carbonyl (C=O) groups is 1. The Morgan fingerprint density at radius 1 is 1.62 bits per heavy atom. The zero-order valence-electron chi connectivity index (χ0n) is 8.01. The van der Waals surface area contributed by atoms with Gasteiger partial charge in [-0.3, -0.25) is 4.79 Å². The maximum absolute atomic E-state index is 11.1. The molecule has 1 saturated heterocycles. The molecule has 0 amide bonds. The topological polar surface area (TPSA) is 49.3 Å². The van der Waals surface area contributed by atoms with Crippen molar-refractivity contribution >= 4 is 17.7 Å². The highest BCUT2D eigenvalue weighted by atomic mass is 32.2. The molecule has 0 unspecified atom stereocenters. The first kappa shape index (κ1) is 10.9. The molecule has 3 nitrogen and oxygen atoms in total. The summed E-state index contributed by atoms with van der Waals surface area (Å²) in [5, 5.41) is 12.3. The van der Waals surface area contributed by atoms with Crippen molar-refractivity contribution in [2.24, 2.45) is 0 Å². The van der Waals surface area contributed by atoms with Gasteiger partial charge in [0, 0.05) is 0 Å². The van der Waals surface area contributed by atoms with Gasteiger partial charge in [-0.1, -0.05) is 0 Å². The van der Waals surface area contributed by atoms with E-state index in [4.69, 9.17) is 5.11 Å². The van der Waals surface area contributed by atoms with Gasteiger partial charge in [0.1, 0.15) is 5.54 Å². The highest BCUT2D eigenvalue weighted by Gasteiger charge is 2.38. The maximum atomic E-state index is 11.1. The molecule has 1 heterocycles. The second-order valence-corrected chi connectivity index (χ2v) is 4.50. The van der Waals surface area contributed by atoms with E-state index in [2.05, 4.69) is 5.32 Å². The quantitative estimate of drug-likeness (QED) is 0.724. The predicted molar refractivity (Wildman–Crippen MR) is 55.2 cm³/mol. The van der Waals surface area contributed by atoms with Gasteiger partial charge in [-0.15, -0.1) is 0 Å². The van der Waals surface area contributed by atoms with Gasteiger partial charge in [-0.05, 0) is 44.2 Å². The molecular formula is C9H17NO2S. The number of nitrogens with one attached hydrogen (secondary N) is 1. The molecule has 0 aliphatic carbocycles. The summed E-state index contributed by atoms with van der Waals surface area (Å²) in [6, 6.07) is 0. The van der Waals surface area contributed by atoms with Crippen molar-refractivity contribution in [3.05, 3.63) is 0 Å². The summed E-state index contributed by atoms with van der Waals surface area (Å²) in [7, 11) is 0. The number of carboxylic acid groups (broad SMARTS) is 1. The average molecular weight is 203 g/mol. The molecule has 1 aliphatic rings. The standard InChI is InChI=1S/C9H17NO2S/c1-13-7-5-9(8(11)12)4-2-3-6-10-9/h10H,2-7H2,1H3,(H,11,12)/t9-/m0/s1. The molecule has 0 aromatic carbocycles. The highest BCUT2D eigenvalue weighted by Crippen LogP contribution is 2.24. The first-order valence-corrected chi connectivity index (χ1v) is 6.08. The van der Waals surface area contributed by atoms with Crippen molar-refractivity contribution in [2.75, 3.05) is 18.6 Å². The summed E-state index contributed by atoms with van der Waals surface area (Å²) >= 11 is 1.71. The monoisotopic (exact) mass is 203 g/mol. The van der Waals surface area contributed by atoms with Crippen LogP contribution in [0.25, 0.3) is 0 Å². The number of piperidine rings is 1. The second-order valence-electron chi connectivity index (χ2n) is 3.51. The normalized spacial score (nSPS) is 28.7. The van der Waals surface area contributed by atoms with Gasteiger partial charge >= 0.3 is 5.97 Å². The van der Waals surface area contributed by atoms with Gasteiger partial charge in [0.2, 0.25) is 0 Å². The predicted octanol–water partition coefficient (Wildman–Crippen LogP) is 1.34. The van der Waals surface area contributed by atoms with E-state index in [1.807, 2.05) is 6.26 Å². The third-order valence-corrected chi connectivity index (χ3v) is 3.25. The molecule has 13 heavy (non-hydrogen) atoms. The molecule has 0 bridgehead atoms. The van der Waals surface area contributed by atoms with Crippen LogP contribution in [0.15, 0.2) is 0 Å². The molecule has 0 spiro atoms. The Labute approximate surface area is 83.3 Å². The van der Waals surface area contributed by atoms with Gasteiger partial charge in [-0.25, -0.2) is 0 Å². The summed E-state index contributed by atoms with van der Waals surface area (Å²) in [4.78, 5) is 11.1. The fourth-order valence-corrected chi connectivity index (χ4v) is 2.30. The van der Waals surface area contributed by atoms with Crippen LogP contribution in [0.1, 0.15) is 25.7 Å². The highest BCUT2D eigenvalue weighted by molar-refractivity contribution is 7.98. The van der Waals surface area contributed by atoms with Crippen LogP contribution in [0.2, 0.25) is 0 Å². The zero-order chi connectivity index (χ0) is 9.73. The second kappa shape index (κ2) is 4.86. The Kier molecular flexibility index (Phi) is 4.06. The molecule has 1 rings (SSSR count). The number of aliphatic carboxylic acids is 1. The summed E-state index contributed by atoms with van der Waals surface area (Å²) in [6.07, 6.45) is 5.67. The molecule has 1 fully saturated rings. The Hall–Kier alpha value is -0.220. The molecule has 4 heteroatoms. The average Bonchev–Trinajstić information content (AvgIpc) is 2.16. The van der Waals surface area contributed by atoms with Crippen LogP contribution in [0.5, 0.6) is 0 Å². The molecule has 0 radical (unpaired) electrons. The molecule has 1 atom stereocenters. The van der Waals surface area contributed by atoms with E-state index in [1.165, 1.54) is 0 Å². The molecule has 0 saturated carbocycles. The third-order valence-electron chi connectivity index (χ3n) is 2.64. The van der Waals surface area contributed by atoms with Crippen molar-refractivity contribution in [3.63, 3.8) is 0 Å². The summed E-state index contributed by atoms with van der Waals surface area (Å²) in [6.45, 7) is 0.848. The molecule has 0 aromatic rings. The lowest BCUT2D eigenvalue weighted by atomic mass is 9.86. The Bertz CT molecular complexity index is 178. The van der Waals surface area contributed by atoms with E-state index in [0.717, 1.165) is 38.0 Å². The zero-order valence-corrected chi connectivity index (χ0v) is 8.82. The minimum absolute atomic E-state index is 0.624. The van der Waals surface area contributed by atoms with E-state index in [1.54, 1.807) is 11.8 Å². The summed E-state index contributed by atoms with van der Waals surface area (Å²) in [5.74, 6) is 0.237.